The molecule has 1 saturated carbocycles. The molecule has 0 spiro atoms. The van der Waals surface area contributed by atoms with Crippen LogP contribution in [0.4, 0.5) is 0 Å². The van der Waals surface area contributed by atoms with Gasteiger partial charge in [-0.2, -0.15) is 0 Å². The molecule has 0 heterocycles. The number of rotatable bonds is 8. The van der Waals surface area contributed by atoms with Crippen LogP contribution in [-0.4, -0.2) is 48.5 Å². The van der Waals surface area contributed by atoms with E-state index in [1.807, 2.05) is 0 Å². The van der Waals surface area contributed by atoms with Crippen LogP contribution >= 0.6 is 0 Å². The molecule has 3 heteroatoms. The highest BCUT2D eigenvalue weighted by Crippen LogP contribution is 2.39. The van der Waals surface area contributed by atoms with Crippen LogP contribution in [0.3, 0.4) is 0 Å². The second-order valence-electron chi connectivity index (χ2n) is 5.13. The zero-order chi connectivity index (χ0) is 12.7. The van der Waals surface area contributed by atoms with Crippen molar-refractivity contribution < 1.29 is 9.84 Å². The molecule has 1 unspecified atom stereocenters. The molecule has 0 aromatic carbocycles. The van der Waals surface area contributed by atoms with Crippen LogP contribution in [0.25, 0.3) is 0 Å². The highest BCUT2D eigenvalue weighted by Gasteiger charge is 2.43. The van der Waals surface area contributed by atoms with Crippen molar-refractivity contribution in [2.45, 2.75) is 64.0 Å². The maximum absolute atomic E-state index is 10.6. The minimum atomic E-state index is -0.194. The number of ether oxygens (including phenoxy) is 1. The monoisotopic (exact) mass is 243 g/mol. The smallest absolute Gasteiger partial charge is 0.0724 e. The maximum atomic E-state index is 10.6. The van der Waals surface area contributed by atoms with Crippen molar-refractivity contribution in [2.75, 3.05) is 26.8 Å². The van der Waals surface area contributed by atoms with Gasteiger partial charge < -0.3 is 9.84 Å². The summed E-state index contributed by atoms with van der Waals surface area (Å²) < 4.78 is 5.08. The number of likely N-dealkylation sites (N-methyl/N-ethyl adjacent to an activating group) is 1. The van der Waals surface area contributed by atoms with Gasteiger partial charge >= 0.3 is 0 Å². The fraction of sp³-hybridized carbons (Fsp3) is 1.00. The third-order valence-electron chi connectivity index (χ3n) is 4.31. The summed E-state index contributed by atoms with van der Waals surface area (Å²) >= 11 is 0. The van der Waals surface area contributed by atoms with E-state index >= 15 is 0 Å². The molecule has 1 atom stereocenters. The molecule has 1 fully saturated rings. The molecule has 102 valence electrons. The van der Waals surface area contributed by atoms with Crippen LogP contribution in [0.2, 0.25) is 0 Å². The molecule has 0 aromatic heterocycles. The first kappa shape index (κ1) is 14.9. The third kappa shape index (κ3) is 3.43. The molecule has 0 amide bonds. The average Bonchev–Trinajstić information content (AvgIpc) is 2.81. The van der Waals surface area contributed by atoms with E-state index in [1.54, 1.807) is 7.11 Å². The Labute approximate surface area is 106 Å². The van der Waals surface area contributed by atoms with Crippen LogP contribution in [-0.2, 0) is 4.74 Å². The summed E-state index contributed by atoms with van der Waals surface area (Å²) in [6.45, 7) is 7.23. The Morgan fingerprint density at radius 1 is 1.24 bits per heavy atom. The summed E-state index contributed by atoms with van der Waals surface area (Å²) in [4.78, 5) is 2.47. The van der Waals surface area contributed by atoms with E-state index in [0.717, 1.165) is 45.4 Å². The van der Waals surface area contributed by atoms with Gasteiger partial charge in [-0.05, 0) is 38.8 Å². The Hall–Kier alpha value is -0.120. The first-order chi connectivity index (χ1) is 8.21. The van der Waals surface area contributed by atoms with Gasteiger partial charge in [-0.1, -0.05) is 26.7 Å². The number of nitrogens with zero attached hydrogens (tertiary/aromatic N) is 1. The van der Waals surface area contributed by atoms with Gasteiger partial charge in [-0.15, -0.1) is 0 Å². The number of hydrogen-bond donors (Lipinski definition) is 1. The number of aliphatic hydroxyl groups excluding tert-OH is 1. The van der Waals surface area contributed by atoms with Crippen molar-refractivity contribution in [1.29, 1.82) is 0 Å². The Balaban J connectivity index is 2.62. The fourth-order valence-electron chi connectivity index (χ4n) is 3.39. The highest BCUT2D eigenvalue weighted by molar-refractivity contribution is 4.99. The lowest BCUT2D eigenvalue weighted by molar-refractivity contribution is -0.0321. The highest BCUT2D eigenvalue weighted by atomic mass is 16.5. The van der Waals surface area contributed by atoms with E-state index in [9.17, 15) is 5.11 Å². The predicted octanol–water partition coefficient (Wildman–Crippen LogP) is 2.43. The van der Waals surface area contributed by atoms with Crippen molar-refractivity contribution in [3.8, 4) is 0 Å². The largest absolute Gasteiger partial charge is 0.391 e. The Bertz CT molecular complexity index is 198. The molecule has 0 bridgehead atoms. The van der Waals surface area contributed by atoms with Crippen LogP contribution in [0.5, 0.6) is 0 Å². The lowest BCUT2D eigenvalue weighted by atomic mass is 9.85. The predicted molar refractivity (Wildman–Crippen MR) is 71.2 cm³/mol. The first-order valence-corrected chi connectivity index (χ1v) is 7.13. The number of hydrogen-bond acceptors (Lipinski definition) is 3. The standard InChI is InChI=1S/C14H29NO2/c1-4-15(5-2)14(10-6-7-11-14)13(16)9-8-12-17-3/h13,16H,4-12H2,1-3H3. The van der Waals surface area contributed by atoms with Gasteiger partial charge in [0.2, 0.25) is 0 Å². The summed E-state index contributed by atoms with van der Waals surface area (Å²) in [5, 5.41) is 10.6. The summed E-state index contributed by atoms with van der Waals surface area (Å²) in [7, 11) is 1.72. The zero-order valence-electron chi connectivity index (χ0n) is 11.7. The molecule has 1 aliphatic carbocycles. The second kappa shape index (κ2) is 7.34. The van der Waals surface area contributed by atoms with Crippen molar-refractivity contribution in [2.24, 2.45) is 0 Å². The van der Waals surface area contributed by atoms with Crippen molar-refractivity contribution in [3.05, 3.63) is 0 Å². The average molecular weight is 243 g/mol. The molecule has 0 radical (unpaired) electrons. The normalized spacial score (nSPS) is 21.0. The fourth-order valence-corrected chi connectivity index (χ4v) is 3.39. The Morgan fingerprint density at radius 2 is 1.82 bits per heavy atom. The Morgan fingerprint density at radius 3 is 2.29 bits per heavy atom. The lowest BCUT2D eigenvalue weighted by Gasteiger charge is -2.44. The van der Waals surface area contributed by atoms with E-state index in [1.165, 1.54) is 12.8 Å². The van der Waals surface area contributed by atoms with Crippen molar-refractivity contribution in [3.63, 3.8) is 0 Å². The topological polar surface area (TPSA) is 32.7 Å². The molecule has 0 aliphatic heterocycles. The van der Waals surface area contributed by atoms with Crippen LogP contribution < -0.4 is 0 Å². The molecule has 17 heavy (non-hydrogen) atoms. The van der Waals surface area contributed by atoms with Gasteiger partial charge in [0, 0.05) is 19.3 Å². The van der Waals surface area contributed by atoms with Crippen LogP contribution in [0.1, 0.15) is 52.4 Å². The second-order valence-corrected chi connectivity index (χ2v) is 5.13. The van der Waals surface area contributed by atoms with Gasteiger partial charge in [0.1, 0.15) is 0 Å². The maximum Gasteiger partial charge on any atom is 0.0724 e. The first-order valence-electron chi connectivity index (χ1n) is 7.13. The van der Waals surface area contributed by atoms with Crippen molar-refractivity contribution >= 4 is 0 Å². The third-order valence-corrected chi connectivity index (χ3v) is 4.31. The summed E-state index contributed by atoms with van der Waals surface area (Å²) in [6.07, 6.45) is 6.46. The minimum Gasteiger partial charge on any atom is -0.391 e. The van der Waals surface area contributed by atoms with E-state index < -0.39 is 0 Å². The van der Waals surface area contributed by atoms with E-state index in [4.69, 9.17) is 4.74 Å². The van der Waals surface area contributed by atoms with Crippen LogP contribution in [0.15, 0.2) is 0 Å². The molecule has 3 nitrogen and oxygen atoms in total. The van der Waals surface area contributed by atoms with E-state index in [0.29, 0.717) is 0 Å². The molecular weight excluding hydrogens is 214 g/mol. The molecule has 0 aromatic rings. The molecule has 0 saturated heterocycles. The van der Waals surface area contributed by atoms with Crippen molar-refractivity contribution in [1.82, 2.24) is 4.90 Å². The van der Waals surface area contributed by atoms with Gasteiger partial charge in [-0.25, -0.2) is 0 Å². The SMILES string of the molecule is CCN(CC)C1(C(O)CCCOC)CCCC1. The summed E-state index contributed by atoms with van der Waals surface area (Å²) in [5.41, 5.74) is 0.0528. The van der Waals surface area contributed by atoms with Gasteiger partial charge in [-0.3, -0.25) is 4.90 Å². The molecule has 1 N–H and O–H groups in total. The zero-order valence-corrected chi connectivity index (χ0v) is 11.7. The quantitative estimate of drug-likeness (QED) is 0.665. The van der Waals surface area contributed by atoms with Gasteiger partial charge in [0.25, 0.3) is 0 Å². The van der Waals surface area contributed by atoms with Gasteiger partial charge in [0.05, 0.1) is 6.10 Å². The van der Waals surface area contributed by atoms with Crippen LogP contribution in [0, 0.1) is 0 Å². The van der Waals surface area contributed by atoms with E-state index in [2.05, 4.69) is 18.7 Å². The summed E-state index contributed by atoms with van der Waals surface area (Å²) in [5.74, 6) is 0. The number of methoxy groups -OCH3 is 1. The molecular formula is C14H29NO2. The van der Waals surface area contributed by atoms with Gasteiger partial charge in [0.15, 0.2) is 0 Å². The number of aliphatic hydroxyl groups is 1. The Kier molecular flexibility index (Phi) is 6.45. The summed E-state index contributed by atoms with van der Waals surface area (Å²) in [6, 6.07) is 0. The lowest BCUT2D eigenvalue weighted by Crippen LogP contribution is -2.54. The molecule has 1 aliphatic rings. The molecule has 1 rings (SSSR count). The van der Waals surface area contributed by atoms with E-state index in [-0.39, 0.29) is 11.6 Å². The minimum absolute atomic E-state index is 0.0528.